The van der Waals surface area contributed by atoms with Crippen LogP contribution in [0.4, 0.5) is 0 Å². The maximum atomic E-state index is 9.39. The molecule has 0 amide bonds. The van der Waals surface area contributed by atoms with Crippen LogP contribution in [-0.4, -0.2) is 25.4 Å². The summed E-state index contributed by atoms with van der Waals surface area (Å²) in [5, 5.41) is 12.9. The molecule has 0 spiro atoms. The van der Waals surface area contributed by atoms with Crippen LogP contribution in [0.1, 0.15) is 38.8 Å². The molecule has 0 aliphatic carbocycles. The van der Waals surface area contributed by atoms with E-state index in [0.717, 1.165) is 18.7 Å². The molecule has 1 aromatic carbocycles. The third kappa shape index (κ3) is 4.00. The van der Waals surface area contributed by atoms with E-state index >= 15 is 0 Å². The number of ether oxygens (including phenoxy) is 1. The lowest BCUT2D eigenvalue weighted by atomic mass is 9.88. The predicted octanol–water partition coefficient (Wildman–Crippen LogP) is 2.75. The summed E-state index contributed by atoms with van der Waals surface area (Å²) < 4.78 is 5.22. The minimum Gasteiger partial charge on any atom is -0.497 e. The standard InChI is InChI=1S/C15H25NO2/c1-5-15(3,11-17)10-16-12(2)13-7-6-8-14(9-13)18-4/h6-9,12,16-17H,5,10-11H2,1-4H3/t12-,15?/m0/s1. The Morgan fingerprint density at radius 1 is 1.44 bits per heavy atom. The van der Waals surface area contributed by atoms with Gasteiger partial charge in [0.1, 0.15) is 5.75 Å². The molecular weight excluding hydrogens is 226 g/mol. The van der Waals surface area contributed by atoms with E-state index in [0.29, 0.717) is 0 Å². The highest BCUT2D eigenvalue weighted by molar-refractivity contribution is 5.30. The molecule has 2 atom stereocenters. The zero-order valence-corrected chi connectivity index (χ0v) is 11.9. The first-order chi connectivity index (χ1) is 8.54. The van der Waals surface area contributed by atoms with E-state index in [1.165, 1.54) is 5.56 Å². The van der Waals surface area contributed by atoms with Gasteiger partial charge in [-0.3, -0.25) is 0 Å². The topological polar surface area (TPSA) is 41.5 Å². The van der Waals surface area contributed by atoms with Crippen LogP contribution in [0.15, 0.2) is 24.3 Å². The Balaban J connectivity index is 2.62. The number of aliphatic hydroxyl groups excluding tert-OH is 1. The van der Waals surface area contributed by atoms with Crippen molar-refractivity contribution in [3.63, 3.8) is 0 Å². The van der Waals surface area contributed by atoms with Gasteiger partial charge in [-0.2, -0.15) is 0 Å². The normalized spacial score (nSPS) is 16.1. The fourth-order valence-corrected chi connectivity index (χ4v) is 1.72. The molecule has 0 aromatic heterocycles. The number of hydrogen-bond acceptors (Lipinski definition) is 3. The molecule has 3 heteroatoms. The molecule has 1 rings (SSSR count). The smallest absolute Gasteiger partial charge is 0.119 e. The largest absolute Gasteiger partial charge is 0.497 e. The molecule has 102 valence electrons. The van der Waals surface area contributed by atoms with Crippen molar-refractivity contribution in [2.45, 2.75) is 33.2 Å². The Hall–Kier alpha value is -1.06. The lowest BCUT2D eigenvalue weighted by Crippen LogP contribution is -2.35. The molecule has 3 nitrogen and oxygen atoms in total. The molecular formula is C15H25NO2. The Bertz CT molecular complexity index is 361. The molecule has 0 radical (unpaired) electrons. The molecule has 0 saturated carbocycles. The van der Waals surface area contributed by atoms with Crippen LogP contribution in [0.2, 0.25) is 0 Å². The molecule has 0 bridgehead atoms. The first-order valence-corrected chi connectivity index (χ1v) is 6.53. The van der Waals surface area contributed by atoms with Gasteiger partial charge in [-0.1, -0.05) is 26.0 Å². The van der Waals surface area contributed by atoms with Crippen LogP contribution in [0.5, 0.6) is 5.75 Å². The molecule has 0 saturated heterocycles. The minimum absolute atomic E-state index is 0.0485. The van der Waals surface area contributed by atoms with E-state index in [1.807, 2.05) is 18.2 Å². The van der Waals surface area contributed by atoms with Gasteiger partial charge < -0.3 is 15.2 Å². The number of benzene rings is 1. The Morgan fingerprint density at radius 3 is 2.72 bits per heavy atom. The average Bonchev–Trinajstić information content (AvgIpc) is 2.44. The van der Waals surface area contributed by atoms with Crippen LogP contribution >= 0.6 is 0 Å². The fraction of sp³-hybridized carbons (Fsp3) is 0.600. The maximum Gasteiger partial charge on any atom is 0.119 e. The number of methoxy groups -OCH3 is 1. The van der Waals surface area contributed by atoms with E-state index in [9.17, 15) is 5.11 Å². The van der Waals surface area contributed by atoms with Crippen molar-refractivity contribution in [2.24, 2.45) is 5.41 Å². The summed E-state index contributed by atoms with van der Waals surface area (Å²) in [4.78, 5) is 0. The van der Waals surface area contributed by atoms with Crippen molar-refractivity contribution in [1.29, 1.82) is 0 Å². The van der Waals surface area contributed by atoms with Gasteiger partial charge in [-0.25, -0.2) is 0 Å². The highest BCUT2D eigenvalue weighted by atomic mass is 16.5. The first-order valence-electron chi connectivity index (χ1n) is 6.53. The summed E-state index contributed by atoms with van der Waals surface area (Å²) in [6.07, 6.45) is 0.960. The molecule has 0 heterocycles. The van der Waals surface area contributed by atoms with Gasteiger partial charge in [0.2, 0.25) is 0 Å². The quantitative estimate of drug-likeness (QED) is 0.783. The lowest BCUT2D eigenvalue weighted by molar-refractivity contribution is 0.132. The van der Waals surface area contributed by atoms with E-state index < -0.39 is 0 Å². The Morgan fingerprint density at radius 2 is 2.17 bits per heavy atom. The molecule has 1 unspecified atom stereocenters. The van der Waals surface area contributed by atoms with E-state index in [1.54, 1.807) is 7.11 Å². The molecule has 2 N–H and O–H groups in total. The van der Waals surface area contributed by atoms with Crippen molar-refractivity contribution in [2.75, 3.05) is 20.3 Å². The van der Waals surface area contributed by atoms with E-state index in [2.05, 4.69) is 32.2 Å². The summed E-state index contributed by atoms with van der Waals surface area (Å²) in [7, 11) is 1.68. The molecule has 1 aromatic rings. The van der Waals surface area contributed by atoms with Crippen LogP contribution in [0.25, 0.3) is 0 Å². The van der Waals surface area contributed by atoms with Gasteiger partial charge in [0.15, 0.2) is 0 Å². The summed E-state index contributed by atoms with van der Waals surface area (Å²) in [6.45, 7) is 7.34. The predicted molar refractivity (Wildman–Crippen MR) is 74.9 cm³/mol. The monoisotopic (exact) mass is 251 g/mol. The van der Waals surface area contributed by atoms with Crippen molar-refractivity contribution in [3.8, 4) is 5.75 Å². The Labute approximate surface area is 110 Å². The number of aliphatic hydroxyl groups is 1. The van der Waals surface area contributed by atoms with Gasteiger partial charge in [0.25, 0.3) is 0 Å². The summed E-state index contributed by atoms with van der Waals surface area (Å²) >= 11 is 0. The molecule has 18 heavy (non-hydrogen) atoms. The fourth-order valence-electron chi connectivity index (χ4n) is 1.72. The van der Waals surface area contributed by atoms with Crippen molar-refractivity contribution in [1.82, 2.24) is 5.32 Å². The zero-order valence-electron chi connectivity index (χ0n) is 11.9. The second-order valence-corrected chi connectivity index (χ2v) is 5.20. The number of nitrogens with one attached hydrogen (secondary N) is 1. The third-order valence-corrected chi connectivity index (χ3v) is 3.66. The highest BCUT2D eigenvalue weighted by Crippen LogP contribution is 2.22. The van der Waals surface area contributed by atoms with Gasteiger partial charge in [-0.05, 0) is 31.0 Å². The van der Waals surface area contributed by atoms with Crippen LogP contribution in [0.3, 0.4) is 0 Å². The number of rotatable bonds is 7. The SMILES string of the molecule is CCC(C)(CO)CN[C@@H](C)c1cccc(OC)c1. The number of hydrogen-bond donors (Lipinski definition) is 2. The van der Waals surface area contributed by atoms with Gasteiger partial charge in [0, 0.05) is 24.6 Å². The second kappa shape index (κ2) is 6.76. The van der Waals surface area contributed by atoms with Gasteiger partial charge in [-0.15, -0.1) is 0 Å². The van der Waals surface area contributed by atoms with Crippen LogP contribution in [0, 0.1) is 5.41 Å². The summed E-state index contributed by atoms with van der Waals surface area (Å²) in [5.74, 6) is 0.876. The minimum atomic E-state index is -0.0485. The Kier molecular flexibility index (Phi) is 5.63. The van der Waals surface area contributed by atoms with Crippen molar-refractivity contribution < 1.29 is 9.84 Å². The third-order valence-electron chi connectivity index (χ3n) is 3.66. The van der Waals surface area contributed by atoms with E-state index in [-0.39, 0.29) is 18.1 Å². The van der Waals surface area contributed by atoms with Crippen LogP contribution < -0.4 is 10.1 Å². The summed E-state index contributed by atoms with van der Waals surface area (Å²) in [6, 6.07) is 8.32. The van der Waals surface area contributed by atoms with Crippen molar-refractivity contribution in [3.05, 3.63) is 29.8 Å². The van der Waals surface area contributed by atoms with Gasteiger partial charge >= 0.3 is 0 Å². The average molecular weight is 251 g/mol. The molecule has 0 aliphatic rings. The summed E-state index contributed by atoms with van der Waals surface area (Å²) in [5.41, 5.74) is 1.15. The molecule has 0 aliphatic heterocycles. The highest BCUT2D eigenvalue weighted by Gasteiger charge is 2.21. The van der Waals surface area contributed by atoms with Crippen LogP contribution in [-0.2, 0) is 0 Å². The van der Waals surface area contributed by atoms with Gasteiger partial charge in [0.05, 0.1) is 7.11 Å². The van der Waals surface area contributed by atoms with E-state index in [4.69, 9.17) is 4.74 Å². The lowest BCUT2D eigenvalue weighted by Gasteiger charge is -2.28. The zero-order chi connectivity index (χ0) is 13.6. The second-order valence-electron chi connectivity index (χ2n) is 5.20. The van der Waals surface area contributed by atoms with Crippen molar-refractivity contribution >= 4 is 0 Å². The first kappa shape index (κ1) is 15.0. The molecule has 0 fully saturated rings. The maximum absolute atomic E-state index is 9.39.